The van der Waals surface area contributed by atoms with Crippen molar-refractivity contribution >= 4 is 10.0 Å². The molecule has 1 heterocycles. The van der Waals surface area contributed by atoms with Crippen LogP contribution in [0.15, 0.2) is 0 Å². The number of sulfonamides is 1. The fourth-order valence-electron chi connectivity index (χ4n) is 2.61. The predicted octanol–water partition coefficient (Wildman–Crippen LogP) is 1.58. The highest BCUT2D eigenvalue weighted by atomic mass is 32.2. The van der Waals surface area contributed by atoms with Gasteiger partial charge in [0.25, 0.3) is 0 Å². The molecule has 1 N–H and O–H groups in total. The summed E-state index contributed by atoms with van der Waals surface area (Å²) in [5.74, 6) is 0.613. The van der Waals surface area contributed by atoms with E-state index in [1.807, 2.05) is 0 Å². The van der Waals surface area contributed by atoms with Gasteiger partial charge in [0.15, 0.2) is 0 Å². The van der Waals surface area contributed by atoms with Crippen LogP contribution in [-0.4, -0.2) is 43.6 Å². The molecule has 2 fully saturated rings. The Bertz CT molecular complexity index is 363. The summed E-state index contributed by atoms with van der Waals surface area (Å²) in [6.45, 7) is 6.85. The molecule has 1 aliphatic heterocycles. The van der Waals surface area contributed by atoms with Crippen molar-refractivity contribution in [3.8, 4) is 0 Å². The summed E-state index contributed by atoms with van der Waals surface area (Å²) in [6, 6.07) is 0.183. The zero-order valence-electron chi connectivity index (χ0n) is 11.6. The first kappa shape index (κ1) is 14.3. The topological polar surface area (TPSA) is 49.4 Å². The fraction of sp³-hybridized carbons (Fsp3) is 1.00. The molecule has 1 saturated heterocycles. The van der Waals surface area contributed by atoms with Crippen LogP contribution in [0.4, 0.5) is 0 Å². The molecular formula is C13H26N2O2S. The monoisotopic (exact) mass is 274 g/mol. The van der Waals surface area contributed by atoms with E-state index in [4.69, 9.17) is 0 Å². The smallest absolute Gasteiger partial charge is 0.217 e. The van der Waals surface area contributed by atoms with Crippen LogP contribution < -0.4 is 5.32 Å². The molecule has 1 aliphatic carbocycles. The van der Waals surface area contributed by atoms with Gasteiger partial charge < -0.3 is 5.32 Å². The molecule has 0 aromatic carbocycles. The molecule has 0 amide bonds. The summed E-state index contributed by atoms with van der Waals surface area (Å²) in [4.78, 5) is 0. The first-order chi connectivity index (χ1) is 8.51. The number of hydrogen-bond acceptors (Lipinski definition) is 3. The quantitative estimate of drug-likeness (QED) is 0.800. The van der Waals surface area contributed by atoms with E-state index in [0.717, 1.165) is 51.7 Å². The maximum absolute atomic E-state index is 12.4. The van der Waals surface area contributed by atoms with Crippen LogP contribution in [0.3, 0.4) is 0 Å². The molecule has 2 aliphatic rings. The zero-order chi connectivity index (χ0) is 13.2. The standard InChI is InChI=1S/C13H26N2O2S/c1-11(2)9-14-10-12-5-3-4-8-15(12)18(16,17)13-6-7-13/h11-14H,3-10H2,1-2H3. The second-order valence-electron chi connectivity index (χ2n) is 6.06. The third-order valence-corrected chi connectivity index (χ3v) is 6.23. The lowest BCUT2D eigenvalue weighted by Gasteiger charge is -2.35. The van der Waals surface area contributed by atoms with Crippen molar-refractivity contribution < 1.29 is 8.42 Å². The van der Waals surface area contributed by atoms with Gasteiger partial charge in [-0.1, -0.05) is 20.3 Å². The highest BCUT2D eigenvalue weighted by molar-refractivity contribution is 7.90. The van der Waals surface area contributed by atoms with Crippen molar-refractivity contribution in [2.75, 3.05) is 19.6 Å². The van der Waals surface area contributed by atoms with Gasteiger partial charge in [-0.25, -0.2) is 8.42 Å². The number of nitrogens with one attached hydrogen (secondary N) is 1. The van der Waals surface area contributed by atoms with E-state index >= 15 is 0 Å². The molecule has 1 saturated carbocycles. The summed E-state index contributed by atoms with van der Waals surface area (Å²) >= 11 is 0. The molecule has 0 spiro atoms. The predicted molar refractivity (Wildman–Crippen MR) is 74.0 cm³/mol. The third-order valence-electron chi connectivity index (χ3n) is 3.78. The van der Waals surface area contributed by atoms with Crippen molar-refractivity contribution in [2.45, 2.75) is 57.2 Å². The van der Waals surface area contributed by atoms with Crippen LogP contribution in [0.1, 0.15) is 46.0 Å². The average Bonchev–Trinajstić information content (AvgIpc) is 3.13. The van der Waals surface area contributed by atoms with Crippen LogP contribution in [0.2, 0.25) is 0 Å². The van der Waals surface area contributed by atoms with Crippen molar-refractivity contribution in [3.63, 3.8) is 0 Å². The Morgan fingerprint density at radius 3 is 2.56 bits per heavy atom. The largest absolute Gasteiger partial charge is 0.315 e. The molecule has 2 rings (SSSR count). The lowest BCUT2D eigenvalue weighted by Crippen LogP contribution is -2.49. The third kappa shape index (κ3) is 3.45. The van der Waals surface area contributed by atoms with E-state index in [9.17, 15) is 8.42 Å². The number of hydrogen-bond donors (Lipinski definition) is 1. The van der Waals surface area contributed by atoms with Gasteiger partial charge in [0.1, 0.15) is 0 Å². The van der Waals surface area contributed by atoms with Gasteiger partial charge in [-0.2, -0.15) is 4.31 Å². The minimum absolute atomic E-state index is 0.0665. The Morgan fingerprint density at radius 2 is 1.94 bits per heavy atom. The summed E-state index contributed by atoms with van der Waals surface area (Å²) in [5.41, 5.74) is 0. The van der Waals surface area contributed by atoms with Gasteiger partial charge in [0.2, 0.25) is 10.0 Å². The fourth-order valence-corrected chi connectivity index (χ4v) is 4.70. The maximum Gasteiger partial charge on any atom is 0.217 e. The van der Waals surface area contributed by atoms with E-state index in [1.54, 1.807) is 4.31 Å². The van der Waals surface area contributed by atoms with Gasteiger partial charge in [-0.15, -0.1) is 0 Å². The summed E-state index contributed by atoms with van der Waals surface area (Å²) < 4.78 is 26.5. The molecule has 18 heavy (non-hydrogen) atoms. The molecule has 5 heteroatoms. The van der Waals surface area contributed by atoms with Crippen molar-refractivity contribution in [3.05, 3.63) is 0 Å². The number of piperidine rings is 1. The van der Waals surface area contributed by atoms with Crippen molar-refractivity contribution in [1.82, 2.24) is 9.62 Å². The van der Waals surface area contributed by atoms with Gasteiger partial charge in [0, 0.05) is 19.1 Å². The highest BCUT2D eigenvalue weighted by Gasteiger charge is 2.43. The second kappa shape index (κ2) is 5.88. The molecular weight excluding hydrogens is 248 g/mol. The molecule has 0 radical (unpaired) electrons. The summed E-state index contributed by atoms with van der Waals surface area (Å²) in [7, 11) is -3.00. The molecule has 0 bridgehead atoms. The Hall–Kier alpha value is -0.130. The minimum Gasteiger partial charge on any atom is -0.315 e. The van der Waals surface area contributed by atoms with E-state index in [0.29, 0.717) is 5.92 Å². The van der Waals surface area contributed by atoms with Crippen LogP contribution >= 0.6 is 0 Å². The van der Waals surface area contributed by atoms with Gasteiger partial charge in [0.05, 0.1) is 5.25 Å². The molecule has 0 aromatic rings. The molecule has 0 aromatic heterocycles. The average molecular weight is 274 g/mol. The number of rotatable bonds is 6. The van der Waals surface area contributed by atoms with E-state index < -0.39 is 10.0 Å². The minimum atomic E-state index is -3.00. The molecule has 106 valence electrons. The van der Waals surface area contributed by atoms with Crippen molar-refractivity contribution in [2.24, 2.45) is 5.92 Å². The molecule has 1 atom stereocenters. The number of nitrogens with zero attached hydrogens (tertiary/aromatic N) is 1. The zero-order valence-corrected chi connectivity index (χ0v) is 12.4. The van der Waals surface area contributed by atoms with Gasteiger partial charge in [-0.3, -0.25) is 0 Å². The highest BCUT2D eigenvalue weighted by Crippen LogP contribution is 2.34. The SMILES string of the molecule is CC(C)CNCC1CCCCN1S(=O)(=O)C1CC1. The first-order valence-electron chi connectivity index (χ1n) is 7.23. The van der Waals surface area contributed by atoms with Crippen LogP contribution in [0, 0.1) is 5.92 Å². The van der Waals surface area contributed by atoms with Crippen molar-refractivity contribution in [1.29, 1.82) is 0 Å². The lowest BCUT2D eigenvalue weighted by atomic mass is 10.0. The molecule has 4 nitrogen and oxygen atoms in total. The first-order valence-corrected chi connectivity index (χ1v) is 8.73. The Morgan fingerprint density at radius 1 is 1.22 bits per heavy atom. The summed E-state index contributed by atoms with van der Waals surface area (Å²) in [5, 5.41) is 3.34. The summed E-state index contributed by atoms with van der Waals surface area (Å²) in [6.07, 6.45) is 4.92. The Balaban J connectivity index is 1.93. The Labute approximate surface area is 111 Å². The van der Waals surface area contributed by atoms with Gasteiger partial charge >= 0.3 is 0 Å². The normalized spacial score (nSPS) is 26.7. The maximum atomic E-state index is 12.4. The Kier molecular flexibility index (Phi) is 4.67. The van der Waals surface area contributed by atoms with Gasteiger partial charge in [-0.05, 0) is 38.1 Å². The van der Waals surface area contributed by atoms with Crippen LogP contribution in [-0.2, 0) is 10.0 Å². The van der Waals surface area contributed by atoms with E-state index in [2.05, 4.69) is 19.2 Å². The second-order valence-corrected chi connectivity index (χ2v) is 8.22. The lowest BCUT2D eigenvalue weighted by molar-refractivity contribution is 0.243. The van der Waals surface area contributed by atoms with E-state index in [-0.39, 0.29) is 11.3 Å². The van der Waals surface area contributed by atoms with Crippen LogP contribution in [0.25, 0.3) is 0 Å². The van der Waals surface area contributed by atoms with Crippen LogP contribution in [0.5, 0.6) is 0 Å². The van der Waals surface area contributed by atoms with E-state index in [1.165, 1.54) is 0 Å². The molecule has 1 unspecified atom stereocenters.